The van der Waals surface area contributed by atoms with Gasteiger partial charge in [0.2, 0.25) is 11.7 Å². The first-order valence-corrected chi connectivity index (χ1v) is 5.98. The van der Waals surface area contributed by atoms with Gasteiger partial charge in [0.05, 0.1) is 5.92 Å². The maximum atomic E-state index is 11.2. The number of ketones is 1. The van der Waals surface area contributed by atoms with Gasteiger partial charge in [0.1, 0.15) is 5.78 Å². The Morgan fingerprint density at radius 2 is 2.12 bits per heavy atom. The largest absolute Gasteiger partial charge is 0.338 e. The Balaban J connectivity index is 2.37. The van der Waals surface area contributed by atoms with E-state index in [4.69, 9.17) is 4.52 Å². The van der Waals surface area contributed by atoms with Gasteiger partial charge < -0.3 is 4.52 Å². The van der Waals surface area contributed by atoms with Crippen molar-refractivity contribution in [2.24, 2.45) is 0 Å². The molecule has 5 heteroatoms. The van der Waals surface area contributed by atoms with Gasteiger partial charge in [-0.05, 0) is 26.0 Å². The van der Waals surface area contributed by atoms with E-state index in [1.165, 1.54) is 6.92 Å². The number of rotatable bonds is 3. The highest BCUT2D eigenvalue weighted by atomic mass is 79.9. The average Bonchev–Trinajstić information content (AvgIpc) is 2.77. The van der Waals surface area contributed by atoms with Gasteiger partial charge in [0.15, 0.2) is 0 Å². The third-order valence-corrected chi connectivity index (χ3v) is 3.23. The zero-order chi connectivity index (χ0) is 12.4. The molecule has 1 heterocycles. The molecule has 1 aromatic heterocycles. The minimum Gasteiger partial charge on any atom is -0.338 e. The summed E-state index contributed by atoms with van der Waals surface area (Å²) in [6.45, 7) is 3.26. The van der Waals surface area contributed by atoms with Crippen molar-refractivity contribution in [1.29, 1.82) is 0 Å². The van der Waals surface area contributed by atoms with Gasteiger partial charge in [-0.1, -0.05) is 33.2 Å². The summed E-state index contributed by atoms with van der Waals surface area (Å²) in [7, 11) is 0. The lowest BCUT2D eigenvalue weighted by Gasteiger charge is -1.99. The van der Waals surface area contributed by atoms with E-state index in [1.54, 1.807) is 6.92 Å². The van der Waals surface area contributed by atoms with Gasteiger partial charge in [-0.3, -0.25) is 4.79 Å². The Labute approximate surface area is 107 Å². The number of carbonyl (C=O) groups excluding carboxylic acids is 1. The first kappa shape index (κ1) is 12.0. The summed E-state index contributed by atoms with van der Waals surface area (Å²) in [6, 6.07) is 7.59. The van der Waals surface area contributed by atoms with Crippen LogP contribution < -0.4 is 0 Å². The van der Waals surface area contributed by atoms with Crippen LogP contribution in [-0.4, -0.2) is 15.9 Å². The molecule has 1 aromatic carbocycles. The van der Waals surface area contributed by atoms with Crippen LogP contribution in [0, 0.1) is 0 Å². The van der Waals surface area contributed by atoms with Crippen molar-refractivity contribution >= 4 is 21.7 Å². The number of carbonyl (C=O) groups is 1. The molecule has 0 aliphatic carbocycles. The van der Waals surface area contributed by atoms with Gasteiger partial charge in [-0.25, -0.2) is 0 Å². The van der Waals surface area contributed by atoms with E-state index in [-0.39, 0.29) is 11.7 Å². The summed E-state index contributed by atoms with van der Waals surface area (Å²) < 4.78 is 5.99. The van der Waals surface area contributed by atoms with Gasteiger partial charge in [-0.2, -0.15) is 4.98 Å². The number of hydrogen-bond acceptors (Lipinski definition) is 4. The van der Waals surface area contributed by atoms with E-state index in [2.05, 4.69) is 26.1 Å². The second-order valence-corrected chi connectivity index (χ2v) is 4.62. The SMILES string of the molecule is CC(=O)C(C)c1nc(-c2ccccc2Br)no1. The molecule has 0 amide bonds. The van der Waals surface area contributed by atoms with Crippen LogP contribution >= 0.6 is 15.9 Å². The fraction of sp³-hybridized carbons (Fsp3) is 0.250. The van der Waals surface area contributed by atoms with Crippen molar-refractivity contribution in [3.8, 4) is 11.4 Å². The molecule has 0 aliphatic rings. The standard InChI is InChI=1S/C12H11BrN2O2/c1-7(8(2)16)12-14-11(15-17-12)9-5-3-4-6-10(9)13/h3-7H,1-2H3. The van der Waals surface area contributed by atoms with Gasteiger partial charge in [0, 0.05) is 10.0 Å². The van der Waals surface area contributed by atoms with Crippen LogP contribution in [0.2, 0.25) is 0 Å². The fourth-order valence-corrected chi connectivity index (χ4v) is 1.80. The summed E-state index contributed by atoms with van der Waals surface area (Å²) in [5.41, 5.74) is 0.846. The second kappa shape index (κ2) is 4.79. The summed E-state index contributed by atoms with van der Waals surface area (Å²) in [5, 5.41) is 3.88. The van der Waals surface area contributed by atoms with E-state index in [0.717, 1.165) is 10.0 Å². The first-order chi connectivity index (χ1) is 8.09. The number of benzene rings is 1. The smallest absolute Gasteiger partial charge is 0.237 e. The first-order valence-electron chi connectivity index (χ1n) is 5.18. The summed E-state index contributed by atoms with van der Waals surface area (Å²) in [4.78, 5) is 15.5. The monoisotopic (exact) mass is 294 g/mol. The predicted molar refractivity (Wildman–Crippen MR) is 66.5 cm³/mol. The van der Waals surface area contributed by atoms with E-state index in [1.807, 2.05) is 24.3 Å². The molecule has 2 aromatic rings. The van der Waals surface area contributed by atoms with Gasteiger partial charge in [0.25, 0.3) is 0 Å². The summed E-state index contributed by atoms with van der Waals surface area (Å²) in [5.74, 6) is 0.481. The highest BCUT2D eigenvalue weighted by Gasteiger charge is 2.19. The molecule has 0 radical (unpaired) electrons. The molecule has 1 unspecified atom stereocenters. The molecule has 88 valence electrons. The Hall–Kier alpha value is -1.49. The maximum Gasteiger partial charge on any atom is 0.237 e. The molecule has 0 saturated heterocycles. The van der Waals surface area contributed by atoms with Crippen LogP contribution in [0.15, 0.2) is 33.3 Å². The highest BCUT2D eigenvalue weighted by Crippen LogP contribution is 2.26. The topological polar surface area (TPSA) is 56.0 Å². The third-order valence-electron chi connectivity index (χ3n) is 2.54. The number of aromatic nitrogens is 2. The number of nitrogens with zero attached hydrogens (tertiary/aromatic N) is 2. The van der Waals surface area contributed by atoms with E-state index in [0.29, 0.717) is 11.7 Å². The maximum absolute atomic E-state index is 11.2. The number of halogens is 1. The van der Waals surface area contributed by atoms with Crippen molar-refractivity contribution in [2.45, 2.75) is 19.8 Å². The molecule has 0 fully saturated rings. The molecule has 0 bridgehead atoms. The van der Waals surface area contributed by atoms with Crippen molar-refractivity contribution in [1.82, 2.24) is 10.1 Å². The lowest BCUT2D eigenvalue weighted by atomic mass is 10.1. The lowest BCUT2D eigenvalue weighted by Crippen LogP contribution is -2.04. The fourth-order valence-electron chi connectivity index (χ4n) is 1.34. The predicted octanol–water partition coefficient (Wildman–Crippen LogP) is 3.19. The van der Waals surface area contributed by atoms with E-state index < -0.39 is 0 Å². The molecule has 0 saturated carbocycles. The second-order valence-electron chi connectivity index (χ2n) is 3.77. The van der Waals surface area contributed by atoms with Crippen LogP contribution in [0.1, 0.15) is 25.7 Å². The minimum atomic E-state index is -0.362. The van der Waals surface area contributed by atoms with Crippen molar-refractivity contribution in [3.63, 3.8) is 0 Å². The van der Waals surface area contributed by atoms with Crippen LogP contribution in [0.3, 0.4) is 0 Å². The summed E-state index contributed by atoms with van der Waals surface area (Å²) >= 11 is 3.42. The molecular formula is C12H11BrN2O2. The van der Waals surface area contributed by atoms with Crippen LogP contribution in [0.5, 0.6) is 0 Å². The minimum absolute atomic E-state index is 0.00678. The Morgan fingerprint density at radius 1 is 1.41 bits per heavy atom. The Morgan fingerprint density at radius 3 is 2.76 bits per heavy atom. The Kier molecular flexibility index (Phi) is 3.38. The van der Waals surface area contributed by atoms with Gasteiger partial charge >= 0.3 is 0 Å². The molecular weight excluding hydrogens is 284 g/mol. The molecule has 1 atom stereocenters. The highest BCUT2D eigenvalue weighted by molar-refractivity contribution is 9.10. The van der Waals surface area contributed by atoms with Gasteiger partial charge in [-0.15, -0.1) is 0 Å². The third kappa shape index (κ3) is 2.44. The lowest BCUT2D eigenvalue weighted by molar-refractivity contribution is -0.118. The average molecular weight is 295 g/mol. The molecule has 0 aliphatic heterocycles. The van der Waals surface area contributed by atoms with Crippen LogP contribution in [0.4, 0.5) is 0 Å². The zero-order valence-corrected chi connectivity index (χ0v) is 11.1. The van der Waals surface area contributed by atoms with Crippen LogP contribution in [-0.2, 0) is 4.79 Å². The van der Waals surface area contributed by atoms with Crippen molar-refractivity contribution in [2.75, 3.05) is 0 Å². The zero-order valence-electron chi connectivity index (χ0n) is 9.48. The molecule has 4 nitrogen and oxygen atoms in total. The molecule has 17 heavy (non-hydrogen) atoms. The quantitative estimate of drug-likeness (QED) is 0.872. The van der Waals surface area contributed by atoms with Crippen molar-refractivity contribution < 1.29 is 9.32 Å². The Bertz CT molecular complexity index is 551. The molecule has 0 spiro atoms. The van der Waals surface area contributed by atoms with E-state index >= 15 is 0 Å². The number of hydrogen-bond donors (Lipinski definition) is 0. The molecule has 2 rings (SSSR count). The summed E-state index contributed by atoms with van der Waals surface area (Å²) in [6.07, 6.45) is 0. The van der Waals surface area contributed by atoms with Crippen molar-refractivity contribution in [3.05, 3.63) is 34.6 Å². The van der Waals surface area contributed by atoms with E-state index in [9.17, 15) is 4.79 Å². The molecule has 0 N–H and O–H groups in total. The van der Waals surface area contributed by atoms with Crippen LogP contribution in [0.25, 0.3) is 11.4 Å². The normalized spacial score (nSPS) is 12.4. The number of Topliss-reactive ketones (excluding diaryl/α,β-unsaturated/α-hetero) is 1.